The molecule has 0 fully saturated rings. The molecule has 80 valence electrons. The van der Waals surface area contributed by atoms with E-state index < -0.39 is 0 Å². The van der Waals surface area contributed by atoms with Gasteiger partial charge in [-0.15, -0.1) is 0 Å². The number of nitrogens with one attached hydrogen (secondary N) is 1. The summed E-state index contributed by atoms with van der Waals surface area (Å²) in [6.07, 6.45) is 1.45. The van der Waals surface area contributed by atoms with Crippen LogP contribution in [0.15, 0.2) is 29.8 Å². The molecule has 0 radical (unpaired) electrons. The maximum Gasteiger partial charge on any atom is 0.248 e. The number of hydrogen-bond donors (Lipinski definition) is 2. The number of amides is 1. The van der Waals surface area contributed by atoms with Gasteiger partial charge in [-0.25, -0.2) is 0 Å². The van der Waals surface area contributed by atoms with E-state index in [0.717, 1.165) is 5.57 Å². The fourth-order valence-corrected chi connectivity index (χ4v) is 1.21. The van der Waals surface area contributed by atoms with E-state index in [1.54, 1.807) is 12.1 Å². The molecular weight excluding hydrogens is 214 g/mol. The number of benzene rings is 1. The lowest BCUT2D eigenvalue weighted by molar-refractivity contribution is -0.112. The van der Waals surface area contributed by atoms with Gasteiger partial charge >= 0.3 is 0 Å². The molecule has 0 heterocycles. The van der Waals surface area contributed by atoms with Gasteiger partial charge in [0.05, 0.1) is 5.69 Å². The largest absolute Gasteiger partial charge is 0.506 e. The summed E-state index contributed by atoms with van der Waals surface area (Å²) in [6, 6.07) is 4.52. The summed E-state index contributed by atoms with van der Waals surface area (Å²) >= 11 is 5.65. The number of hydrogen-bond acceptors (Lipinski definition) is 2. The van der Waals surface area contributed by atoms with Crippen LogP contribution in [0.5, 0.6) is 5.75 Å². The first-order chi connectivity index (χ1) is 6.99. The standard InChI is InChI=1S/C11H12ClNO2/c1-7(2)5-11(15)13-9-4-3-8(12)6-10(9)14/h3-6,14H,1-2H3,(H,13,15). The average molecular weight is 226 g/mol. The van der Waals surface area contributed by atoms with Crippen molar-refractivity contribution >= 4 is 23.2 Å². The average Bonchev–Trinajstić information content (AvgIpc) is 2.08. The Kier molecular flexibility index (Phi) is 3.74. The summed E-state index contributed by atoms with van der Waals surface area (Å²) in [5.74, 6) is -0.314. The first-order valence-electron chi connectivity index (χ1n) is 4.43. The minimum atomic E-state index is -0.271. The van der Waals surface area contributed by atoms with Crippen LogP contribution < -0.4 is 5.32 Å². The van der Waals surface area contributed by atoms with Crippen molar-refractivity contribution in [1.82, 2.24) is 0 Å². The van der Waals surface area contributed by atoms with Gasteiger partial charge < -0.3 is 10.4 Å². The van der Waals surface area contributed by atoms with Crippen LogP contribution in [-0.2, 0) is 4.79 Å². The van der Waals surface area contributed by atoms with Gasteiger partial charge in [-0.2, -0.15) is 0 Å². The van der Waals surface area contributed by atoms with E-state index in [2.05, 4.69) is 5.32 Å². The van der Waals surface area contributed by atoms with Crippen molar-refractivity contribution in [3.63, 3.8) is 0 Å². The van der Waals surface area contributed by atoms with E-state index in [1.807, 2.05) is 13.8 Å². The van der Waals surface area contributed by atoms with Crippen LogP contribution in [0.1, 0.15) is 13.8 Å². The molecule has 0 aromatic heterocycles. The van der Waals surface area contributed by atoms with Gasteiger partial charge in [0.15, 0.2) is 0 Å². The van der Waals surface area contributed by atoms with Crippen molar-refractivity contribution in [2.75, 3.05) is 5.32 Å². The zero-order valence-corrected chi connectivity index (χ0v) is 9.30. The molecule has 0 unspecified atom stereocenters. The first kappa shape index (κ1) is 11.6. The number of phenolic OH excluding ortho intramolecular Hbond substituents is 1. The zero-order valence-electron chi connectivity index (χ0n) is 8.54. The molecular formula is C11H12ClNO2. The van der Waals surface area contributed by atoms with Gasteiger partial charge in [0.25, 0.3) is 0 Å². The maximum absolute atomic E-state index is 11.3. The third-order valence-electron chi connectivity index (χ3n) is 1.64. The van der Waals surface area contributed by atoms with Gasteiger partial charge in [0.1, 0.15) is 5.75 Å². The molecule has 4 heteroatoms. The molecule has 0 aliphatic carbocycles. The van der Waals surface area contributed by atoms with Gasteiger partial charge in [-0.1, -0.05) is 17.2 Å². The van der Waals surface area contributed by atoms with Crippen LogP contribution in [0, 0.1) is 0 Å². The third-order valence-corrected chi connectivity index (χ3v) is 1.87. The second-order valence-corrected chi connectivity index (χ2v) is 3.81. The Balaban J connectivity index is 2.82. The van der Waals surface area contributed by atoms with Crippen molar-refractivity contribution < 1.29 is 9.90 Å². The van der Waals surface area contributed by atoms with E-state index in [-0.39, 0.29) is 11.7 Å². The van der Waals surface area contributed by atoms with Crippen LogP contribution in [0.2, 0.25) is 5.02 Å². The predicted molar refractivity (Wildman–Crippen MR) is 61.2 cm³/mol. The van der Waals surface area contributed by atoms with E-state index in [0.29, 0.717) is 10.7 Å². The number of carbonyl (C=O) groups excluding carboxylic acids is 1. The molecule has 1 rings (SSSR count). The van der Waals surface area contributed by atoms with Gasteiger partial charge in [-0.05, 0) is 26.0 Å². The number of carbonyl (C=O) groups is 1. The molecule has 0 aliphatic heterocycles. The minimum absolute atomic E-state index is 0.0435. The van der Waals surface area contributed by atoms with Crippen molar-refractivity contribution in [3.8, 4) is 5.75 Å². The SMILES string of the molecule is CC(C)=CC(=O)Nc1ccc(Cl)cc1O. The maximum atomic E-state index is 11.3. The summed E-state index contributed by atoms with van der Waals surface area (Å²) in [7, 11) is 0. The zero-order chi connectivity index (χ0) is 11.4. The lowest BCUT2D eigenvalue weighted by Gasteiger charge is -2.05. The molecule has 2 N–H and O–H groups in total. The van der Waals surface area contributed by atoms with Gasteiger partial charge in [0.2, 0.25) is 5.91 Å². The van der Waals surface area contributed by atoms with E-state index in [9.17, 15) is 9.90 Å². The molecule has 0 aliphatic rings. The molecule has 1 aromatic rings. The summed E-state index contributed by atoms with van der Waals surface area (Å²) < 4.78 is 0. The Bertz CT molecular complexity index is 409. The van der Waals surface area contributed by atoms with E-state index in [4.69, 9.17) is 11.6 Å². The Morgan fingerprint density at radius 3 is 2.67 bits per heavy atom. The molecule has 0 saturated heterocycles. The fraction of sp³-hybridized carbons (Fsp3) is 0.182. The normalized spacial score (nSPS) is 9.53. The highest BCUT2D eigenvalue weighted by molar-refractivity contribution is 6.30. The van der Waals surface area contributed by atoms with E-state index in [1.165, 1.54) is 12.1 Å². The highest BCUT2D eigenvalue weighted by Gasteiger charge is 2.04. The van der Waals surface area contributed by atoms with Crippen molar-refractivity contribution in [2.45, 2.75) is 13.8 Å². The Morgan fingerprint density at radius 1 is 1.47 bits per heavy atom. The monoisotopic (exact) mass is 225 g/mol. The van der Waals surface area contributed by atoms with Crippen molar-refractivity contribution in [2.24, 2.45) is 0 Å². The lowest BCUT2D eigenvalue weighted by Crippen LogP contribution is -2.08. The molecule has 0 saturated carbocycles. The van der Waals surface area contributed by atoms with Crippen LogP contribution in [0.4, 0.5) is 5.69 Å². The minimum Gasteiger partial charge on any atom is -0.506 e. The highest BCUT2D eigenvalue weighted by atomic mass is 35.5. The summed E-state index contributed by atoms with van der Waals surface area (Å²) in [5, 5.41) is 12.4. The number of phenols is 1. The Morgan fingerprint density at radius 2 is 2.13 bits per heavy atom. The van der Waals surface area contributed by atoms with Crippen molar-refractivity contribution in [1.29, 1.82) is 0 Å². The molecule has 1 amide bonds. The molecule has 3 nitrogen and oxygen atoms in total. The second-order valence-electron chi connectivity index (χ2n) is 3.37. The molecule has 15 heavy (non-hydrogen) atoms. The fourth-order valence-electron chi connectivity index (χ4n) is 1.04. The number of rotatable bonds is 2. The first-order valence-corrected chi connectivity index (χ1v) is 4.81. The molecule has 1 aromatic carbocycles. The topological polar surface area (TPSA) is 49.3 Å². The number of allylic oxidation sites excluding steroid dienone is 1. The second kappa shape index (κ2) is 4.84. The summed E-state index contributed by atoms with van der Waals surface area (Å²) in [6.45, 7) is 3.64. The van der Waals surface area contributed by atoms with Crippen LogP contribution in [0.3, 0.4) is 0 Å². The Labute approximate surface area is 93.4 Å². The number of anilines is 1. The molecule has 0 spiro atoms. The van der Waals surface area contributed by atoms with Crippen LogP contribution in [-0.4, -0.2) is 11.0 Å². The predicted octanol–water partition coefficient (Wildman–Crippen LogP) is 2.95. The summed E-state index contributed by atoms with van der Waals surface area (Å²) in [5.41, 5.74) is 1.24. The number of halogens is 1. The van der Waals surface area contributed by atoms with Crippen LogP contribution >= 0.6 is 11.6 Å². The number of aromatic hydroxyl groups is 1. The van der Waals surface area contributed by atoms with Gasteiger partial charge in [-0.3, -0.25) is 4.79 Å². The van der Waals surface area contributed by atoms with Crippen molar-refractivity contribution in [3.05, 3.63) is 34.9 Å². The molecule has 0 bridgehead atoms. The lowest BCUT2D eigenvalue weighted by atomic mass is 10.2. The quantitative estimate of drug-likeness (QED) is 0.601. The highest BCUT2D eigenvalue weighted by Crippen LogP contribution is 2.26. The third kappa shape index (κ3) is 3.64. The van der Waals surface area contributed by atoms with Crippen LogP contribution in [0.25, 0.3) is 0 Å². The smallest absolute Gasteiger partial charge is 0.248 e. The Hall–Kier alpha value is -1.48. The summed E-state index contributed by atoms with van der Waals surface area (Å²) in [4.78, 5) is 11.3. The van der Waals surface area contributed by atoms with E-state index >= 15 is 0 Å². The van der Waals surface area contributed by atoms with Gasteiger partial charge in [0, 0.05) is 17.2 Å². The molecule has 0 atom stereocenters.